The molecule has 0 radical (unpaired) electrons. The second kappa shape index (κ2) is 4.34. The number of rotatable bonds is 2. The zero-order valence-electron chi connectivity index (χ0n) is 9.82. The average molecular weight is 267 g/mol. The number of carboxylic acids is 1. The minimum atomic E-state index is -1.13. The predicted molar refractivity (Wildman–Crippen MR) is 67.8 cm³/mol. The number of halogens is 1. The maximum Gasteiger partial charge on any atom is 0.337 e. The molecule has 1 heterocycles. The maximum atomic E-state index is 11.9. The fourth-order valence-electron chi connectivity index (χ4n) is 1.63. The maximum absolute atomic E-state index is 11.9. The topological polar surface area (TPSA) is 75.1 Å². The van der Waals surface area contributed by atoms with Crippen LogP contribution in [0.3, 0.4) is 0 Å². The highest BCUT2D eigenvalue weighted by Crippen LogP contribution is 2.19. The van der Waals surface area contributed by atoms with Crippen LogP contribution in [-0.4, -0.2) is 20.9 Å². The van der Waals surface area contributed by atoms with Crippen LogP contribution in [0.4, 0.5) is 0 Å². The fourth-order valence-corrected chi connectivity index (χ4v) is 1.83. The van der Waals surface area contributed by atoms with Gasteiger partial charge in [-0.15, -0.1) is 0 Å². The number of aryl methyl sites for hydroxylation is 1. The number of H-pyrrole nitrogens is 1. The summed E-state index contributed by atoms with van der Waals surface area (Å²) in [4.78, 5) is 22.9. The molecule has 94 valence electrons. The zero-order valence-corrected chi connectivity index (χ0v) is 10.6. The Morgan fingerprint density at radius 1 is 1.39 bits per heavy atom. The van der Waals surface area contributed by atoms with Crippen LogP contribution in [0.2, 0.25) is 5.02 Å². The smallest absolute Gasteiger partial charge is 0.337 e. The van der Waals surface area contributed by atoms with Crippen molar-refractivity contribution in [1.82, 2.24) is 9.78 Å². The number of aromatic amines is 1. The van der Waals surface area contributed by atoms with Crippen molar-refractivity contribution in [2.75, 3.05) is 0 Å². The molecule has 0 unspecified atom stereocenters. The molecule has 0 fully saturated rings. The third-order valence-corrected chi connectivity index (χ3v) is 3.13. The molecule has 0 atom stereocenters. The van der Waals surface area contributed by atoms with E-state index in [1.165, 1.54) is 16.8 Å². The molecule has 2 N–H and O–H groups in total. The van der Waals surface area contributed by atoms with Crippen LogP contribution in [0.5, 0.6) is 0 Å². The van der Waals surface area contributed by atoms with Gasteiger partial charge in [-0.2, -0.15) is 0 Å². The van der Waals surface area contributed by atoms with Crippen LogP contribution in [0.25, 0.3) is 5.69 Å². The Morgan fingerprint density at radius 3 is 2.56 bits per heavy atom. The quantitative estimate of drug-likeness (QED) is 0.874. The third-order valence-electron chi connectivity index (χ3n) is 2.80. The van der Waals surface area contributed by atoms with Gasteiger partial charge in [-0.3, -0.25) is 9.89 Å². The van der Waals surface area contributed by atoms with E-state index in [0.29, 0.717) is 11.3 Å². The molecule has 0 aliphatic carbocycles. The summed E-state index contributed by atoms with van der Waals surface area (Å²) in [6, 6.07) is 4.41. The molecule has 18 heavy (non-hydrogen) atoms. The summed E-state index contributed by atoms with van der Waals surface area (Å²) in [6.07, 6.45) is 0. The molecular weight excluding hydrogens is 256 g/mol. The Kier molecular flexibility index (Phi) is 3.00. The van der Waals surface area contributed by atoms with E-state index in [9.17, 15) is 9.59 Å². The SMILES string of the molecule is Cc1[nH]n(-c2ccc(Cl)c(C(=O)O)c2)c(=O)c1C. The Morgan fingerprint density at radius 2 is 2.06 bits per heavy atom. The Balaban J connectivity index is 2.65. The molecular formula is C12H11ClN2O3. The first kappa shape index (κ1) is 12.4. The second-order valence-corrected chi connectivity index (χ2v) is 4.38. The van der Waals surface area contributed by atoms with E-state index in [2.05, 4.69) is 5.10 Å². The molecule has 1 aromatic heterocycles. The van der Waals surface area contributed by atoms with Gasteiger partial charge < -0.3 is 5.11 Å². The number of aromatic nitrogens is 2. The Bertz CT molecular complexity index is 685. The van der Waals surface area contributed by atoms with Gasteiger partial charge in [0.25, 0.3) is 5.56 Å². The van der Waals surface area contributed by atoms with Crippen LogP contribution in [0, 0.1) is 13.8 Å². The summed E-state index contributed by atoms with van der Waals surface area (Å²) in [5, 5.41) is 12.0. The van der Waals surface area contributed by atoms with Gasteiger partial charge in [-0.1, -0.05) is 11.6 Å². The summed E-state index contributed by atoms with van der Waals surface area (Å²) in [5.41, 5.74) is 1.55. The van der Waals surface area contributed by atoms with Gasteiger partial charge in [0.1, 0.15) is 0 Å². The average Bonchev–Trinajstić information content (AvgIpc) is 2.57. The van der Waals surface area contributed by atoms with E-state index in [-0.39, 0.29) is 16.1 Å². The third kappa shape index (κ3) is 1.93. The van der Waals surface area contributed by atoms with Gasteiger partial charge in [-0.05, 0) is 32.0 Å². The van der Waals surface area contributed by atoms with Crippen LogP contribution in [-0.2, 0) is 0 Å². The van der Waals surface area contributed by atoms with Gasteiger partial charge in [0.2, 0.25) is 0 Å². The monoisotopic (exact) mass is 266 g/mol. The van der Waals surface area contributed by atoms with Crippen molar-refractivity contribution >= 4 is 17.6 Å². The van der Waals surface area contributed by atoms with E-state index in [1.54, 1.807) is 19.9 Å². The number of nitrogens with one attached hydrogen (secondary N) is 1. The van der Waals surface area contributed by atoms with Crippen molar-refractivity contribution in [1.29, 1.82) is 0 Å². The minimum Gasteiger partial charge on any atom is -0.478 e. The number of aromatic carboxylic acids is 1. The largest absolute Gasteiger partial charge is 0.478 e. The molecule has 5 nitrogen and oxygen atoms in total. The molecule has 0 aliphatic heterocycles. The van der Waals surface area contributed by atoms with Crippen molar-refractivity contribution in [3.8, 4) is 5.69 Å². The van der Waals surface area contributed by atoms with Gasteiger partial charge in [-0.25, -0.2) is 9.48 Å². The van der Waals surface area contributed by atoms with Crippen molar-refractivity contribution < 1.29 is 9.90 Å². The predicted octanol–water partition coefficient (Wildman–Crippen LogP) is 2.13. The fraction of sp³-hybridized carbons (Fsp3) is 0.167. The van der Waals surface area contributed by atoms with Gasteiger partial charge >= 0.3 is 5.97 Å². The van der Waals surface area contributed by atoms with Crippen molar-refractivity contribution in [2.24, 2.45) is 0 Å². The molecule has 0 amide bonds. The Labute approximate surface area is 108 Å². The number of hydrogen-bond acceptors (Lipinski definition) is 2. The molecule has 2 aromatic rings. The van der Waals surface area contributed by atoms with Crippen LogP contribution >= 0.6 is 11.6 Å². The van der Waals surface area contributed by atoms with Gasteiger partial charge in [0.05, 0.1) is 16.3 Å². The van der Waals surface area contributed by atoms with E-state index in [0.717, 1.165) is 5.69 Å². The molecule has 0 spiro atoms. The molecule has 0 saturated carbocycles. The standard InChI is InChI=1S/C12H11ClN2O3/c1-6-7(2)14-15(11(6)16)8-3-4-10(13)9(5-8)12(17)18/h3-5,14H,1-2H3,(H,17,18). The first-order chi connectivity index (χ1) is 8.41. The molecule has 0 saturated heterocycles. The van der Waals surface area contributed by atoms with E-state index in [1.807, 2.05) is 0 Å². The van der Waals surface area contributed by atoms with E-state index < -0.39 is 5.97 Å². The van der Waals surface area contributed by atoms with Crippen molar-refractivity contribution in [3.63, 3.8) is 0 Å². The number of nitrogens with zero attached hydrogens (tertiary/aromatic N) is 1. The van der Waals surface area contributed by atoms with Crippen molar-refractivity contribution in [3.05, 3.63) is 50.4 Å². The molecule has 0 bridgehead atoms. The summed E-state index contributed by atoms with van der Waals surface area (Å²) in [7, 11) is 0. The first-order valence-corrected chi connectivity index (χ1v) is 5.61. The zero-order chi connectivity index (χ0) is 13.4. The lowest BCUT2D eigenvalue weighted by molar-refractivity contribution is 0.0697. The van der Waals surface area contributed by atoms with Crippen LogP contribution < -0.4 is 5.56 Å². The van der Waals surface area contributed by atoms with Crippen LogP contribution in [0.15, 0.2) is 23.0 Å². The molecule has 6 heteroatoms. The lowest BCUT2D eigenvalue weighted by atomic mass is 10.2. The van der Waals surface area contributed by atoms with Gasteiger partial charge in [0, 0.05) is 11.3 Å². The lowest BCUT2D eigenvalue weighted by Gasteiger charge is -2.04. The normalized spacial score (nSPS) is 10.6. The minimum absolute atomic E-state index is 0.0361. The summed E-state index contributed by atoms with van der Waals surface area (Å²) >= 11 is 5.78. The lowest BCUT2D eigenvalue weighted by Crippen LogP contribution is -2.16. The molecule has 2 rings (SSSR count). The molecule has 0 aliphatic rings. The summed E-state index contributed by atoms with van der Waals surface area (Å²) in [6.45, 7) is 3.49. The summed E-state index contributed by atoms with van der Waals surface area (Å²) in [5.74, 6) is -1.13. The highest BCUT2D eigenvalue weighted by molar-refractivity contribution is 6.33. The summed E-state index contributed by atoms with van der Waals surface area (Å²) < 4.78 is 1.30. The first-order valence-electron chi connectivity index (χ1n) is 5.23. The number of hydrogen-bond donors (Lipinski definition) is 2. The van der Waals surface area contributed by atoms with Gasteiger partial charge in [0.15, 0.2) is 0 Å². The molecule has 1 aromatic carbocycles. The van der Waals surface area contributed by atoms with E-state index in [4.69, 9.17) is 16.7 Å². The highest BCUT2D eigenvalue weighted by atomic mass is 35.5. The van der Waals surface area contributed by atoms with Crippen molar-refractivity contribution in [2.45, 2.75) is 13.8 Å². The highest BCUT2D eigenvalue weighted by Gasteiger charge is 2.13. The number of carbonyl (C=O) groups is 1. The Hall–Kier alpha value is -2.01. The van der Waals surface area contributed by atoms with Crippen LogP contribution in [0.1, 0.15) is 21.6 Å². The number of carboxylic acid groups (broad SMARTS) is 1. The van der Waals surface area contributed by atoms with E-state index >= 15 is 0 Å². The number of benzene rings is 1. The second-order valence-electron chi connectivity index (χ2n) is 3.97.